The summed E-state index contributed by atoms with van der Waals surface area (Å²) >= 11 is 3.07. The summed E-state index contributed by atoms with van der Waals surface area (Å²) in [7, 11) is 0. The first kappa shape index (κ1) is 13.2. The Morgan fingerprint density at radius 2 is 1.88 bits per heavy atom. The fraction of sp³-hybridized carbons (Fsp3) is 0.333. The normalized spacial score (nSPS) is 11.6. The highest BCUT2D eigenvalue weighted by molar-refractivity contribution is 9.10. The number of rotatable bonds is 4. The lowest BCUT2D eigenvalue weighted by Crippen LogP contribution is -2.18. The smallest absolute Gasteiger partial charge is 0.490 e. The molecule has 0 unspecified atom stereocenters. The van der Waals surface area contributed by atoms with Crippen LogP contribution in [-0.4, -0.2) is 19.6 Å². The van der Waals surface area contributed by atoms with Gasteiger partial charge in [-0.1, -0.05) is 0 Å². The van der Waals surface area contributed by atoms with Crippen molar-refractivity contribution in [2.75, 3.05) is 13.2 Å². The van der Waals surface area contributed by atoms with Crippen molar-refractivity contribution in [2.24, 2.45) is 0 Å². The summed E-state index contributed by atoms with van der Waals surface area (Å²) in [5.74, 6) is -0.402. The van der Waals surface area contributed by atoms with E-state index in [1.807, 2.05) is 0 Å². The van der Waals surface area contributed by atoms with Gasteiger partial charge in [0.1, 0.15) is 18.2 Å². The zero-order valence-electron chi connectivity index (χ0n) is 7.85. The number of hydrogen-bond donors (Lipinski definition) is 0. The summed E-state index contributed by atoms with van der Waals surface area (Å²) < 4.78 is 56.3. The molecule has 0 saturated carbocycles. The van der Waals surface area contributed by atoms with Gasteiger partial charge in [-0.25, -0.2) is 4.39 Å². The lowest BCUT2D eigenvalue weighted by molar-refractivity contribution is -0.325. The molecule has 0 aromatic heterocycles. The van der Waals surface area contributed by atoms with Crippen molar-refractivity contribution >= 4 is 15.9 Å². The van der Waals surface area contributed by atoms with E-state index in [0.717, 1.165) is 6.07 Å². The number of benzene rings is 1. The predicted octanol–water partition coefficient (Wildman–Crippen LogP) is 3.50. The zero-order valence-corrected chi connectivity index (χ0v) is 9.44. The summed E-state index contributed by atoms with van der Waals surface area (Å²) in [6.07, 6.45) is -4.68. The monoisotopic (exact) mass is 302 g/mol. The molecule has 2 nitrogen and oxygen atoms in total. The fourth-order valence-electron chi connectivity index (χ4n) is 0.897. The van der Waals surface area contributed by atoms with Gasteiger partial charge in [0, 0.05) is 6.07 Å². The van der Waals surface area contributed by atoms with Crippen LogP contribution in [0.15, 0.2) is 22.7 Å². The van der Waals surface area contributed by atoms with E-state index in [2.05, 4.69) is 20.7 Å². The minimum atomic E-state index is -4.68. The molecule has 0 radical (unpaired) electrons. The molecular weight excluding hydrogens is 296 g/mol. The number of ether oxygens (including phenoxy) is 2. The molecule has 16 heavy (non-hydrogen) atoms. The molecule has 1 rings (SSSR count). The average Bonchev–Trinajstić information content (AvgIpc) is 2.16. The van der Waals surface area contributed by atoms with Gasteiger partial charge in [-0.3, -0.25) is 4.74 Å². The average molecular weight is 303 g/mol. The van der Waals surface area contributed by atoms with Gasteiger partial charge < -0.3 is 4.74 Å². The van der Waals surface area contributed by atoms with Gasteiger partial charge in [0.2, 0.25) is 0 Å². The molecule has 0 saturated heterocycles. The van der Waals surface area contributed by atoms with Crippen molar-refractivity contribution in [2.45, 2.75) is 6.36 Å². The Labute approximate surface area is 97.3 Å². The highest BCUT2D eigenvalue weighted by Crippen LogP contribution is 2.25. The molecule has 0 N–H and O–H groups in total. The van der Waals surface area contributed by atoms with Crippen LogP contribution >= 0.6 is 15.9 Å². The van der Waals surface area contributed by atoms with Crippen LogP contribution in [0.5, 0.6) is 5.75 Å². The van der Waals surface area contributed by atoms with Crippen molar-refractivity contribution in [3.8, 4) is 5.75 Å². The summed E-state index contributed by atoms with van der Waals surface area (Å²) in [6.45, 7) is -0.964. The Balaban J connectivity index is 2.40. The number of alkyl halides is 3. The van der Waals surface area contributed by atoms with E-state index in [0.29, 0.717) is 4.47 Å². The molecule has 0 spiro atoms. The minimum absolute atomic E-state index is 0.130. The van der Waals surface area contributed by atoms with Gasteiger partial charge in [0.15, 0.2) is 0 Å². The Morgan fingerprint density at radius 3 is 2.50 bits per heavy atom. The maximum Gasteiger partial charge on any atom is 0.522 e. The van der Waals surface area contributed by atoms with E-state index in [9.17, 15) is 17.6 Å². The summed E-state index contributed by atoms with van der Waals surface area (Å²) in [5.41, 5.74) is 0. The van der Waals surface area contributed by atoms with Gasteiger partial charge in [0.25, 0.3) is 0 Å². The van der Waals surface area contributed by atoms with Gasteiger partial charge in [-0.05, 0) is 28.1 Å². The van der Waals surface area contributed by atoms with Crippen LogP contribution in [0.1, 0.15) is 0 Å². The van der Waals surface area contributed by atoms with E-state index >= 15 is 0 Å². The van der Waals surface area contributed by atoms with E-state index < -0.39 is 18.8 Å². The molecule has 0 amide bonds. The molecule has 0 aliphatic carbocycles. The molecule has 90 valence electrons. The van der Waals surface area contributed by atoms with Crippen LogP contribution < -0.4 is 4.74 Å². The Morgan fingerprint density at radius 1 is 1.19 bits per heavy atom. The lowest BCUT2D eigenvalue weighted by Gasteiger charge is -2.10. The lowest BCUT2D eigenvalue weighted by atomic mass is 10.3. The molecule has 0 fully saturated rings. The van der Waals surface area contributed by atoms with E-state index in [4.69, 9.17) is 4.74 Å². The topological polar surface area (TPSA) is 18.5 Å². The molecule has 1 aromatic rings. The molecular formula is C9H7BrF4O2. The second-order valence-corrected chi connectivity index (χ2v) is 3.57. The SMILES string of the molecule is Fc1ccc(Br)c(OCCOC(F)(F)F)c1. The molecule has 0 atom stereocenters. The maximum atomic E-state index is 12.7. The van der Waals surface area contributed by atoms with Crippen molar-refractivity contribution in [3.63, 3.8) is 0 Å². The number of hydrogen-bond acceptors (Lipinski definition) is 2. The van der Waals surface area contributed by atoms with Gasteiger partial charge in [-0.15, -0.1) is 13.2 Å². The predicted molar refractivity (Wildman–Crippen MR) is 51.6 cm³/mol. The van der Waals surface area contributed by atoms with E-state index in [1.165, 1.54) is 12.1 Å². The first-order valence-corrected chi connectivity index (χ1v) is 4.96. The third-order valence-electron chi connectivity index (χ3n) is 1.50. The van der Waals surface area contributed by atoms with Gasteiger partial charge in [-0.2, -0.15) is 0 Å². The molecule has 0 aliphatic rings. The Kier molecular flexibility index (Phi) is 4.55. The van der Waals surface area contributed by atoms with E-state index in [1.54, 1.807) is 0 Å². The Hall–Kier alpha value is -0.820. The van der Waals surface area contributed by atoms with Crippen LogP contribution in [0.4, 0.5) is 17.6 Å². The molecule has 0 bridgehead atoms. The van der Waals surface area contributed by atoms with Crippen LogP contribution in [0.3, 0.4) is 0 Å². The van der Waals surface area contributed by atoms with Crippen molar-refractivity contribution in [3.05, 3.63) is 28.5 Å². The highest BCUT2D eigenvalue weighted by atomic mass is 79.9. The largest absolute Gasteiger partial charge is 0.522 e. The van der Waals surface area contributed by atoms with Crippen LogP contribution in [0.25, 0.3) is 0 Å². The number of halogens is 5. The third kappa shape index (κ3) is 4.80. The first-order chi connectivity index (χ1) is 7.38. The quantitative estimate of drug-likeness (QED) is 0.626. The third-order valence-corrected chi connectivity index (χ3v) is 2.15. The van der Waals surface area contributed by atoms with E-state index in [-0.39, 0.29) is 12.4 Å². The first-order valence-electron chi connectivity index (χ1n) is 4.17. The van der Waals surface area contributed by atoms with Gasteiger partial charge >= 0.3 is 6.36 Å². The summed E-state index contributed by atoms with van der Waals surface area (Å²) in [6, 6.07) is 3.66. The zero-order chi connectivity index (χ0) is 12.2. The molecule has 1 aromatic carbocycles. The van der Waals surface area contributed by atoms with Crippen LogP contribution in [0.2, 0.25) is 0 Å². The molecule has 7 heteroatoms. The molecule has 0 heterocycles. The Bertz CT molecular complexity index is 354. The van der Waals surface area contributed by atoms with Crippen molar-refractivity contribution in [1.82, 2.24) is 0 Å². The second kappa shape index (κ2) is 5.49. The van der Waals surface area contributed by atoms with Crippen LogP contribution in [0, 0.1) is 5.82 Å². The van der Waals surface area contributed by atoms with Crippen LogP contribution in [-0.2, 0) is 4.74 Å². The van der Waals surface area contributed by atoms with Crippen molar-refractivity contribution < 1.29 is 27.0 Å². The molecule has 0 aliphatic heterocycles. The highest BCUT2D eigenvalue weighted by Gasteiger charge is 2.28. The standard InChI is InChI=1S/C9H7BrF4O2/c10-7-2-1-6(11)5-8(7)15-3-4-16-9(12,13)14/h1-2,5H,3-4H2. The second-order valence-electron chi connectivity index (χ2n) is 2.72. The summed E-state index contributed by atoms with van der Waals surface area (Å²) in [5, 5.41) is 0. The maximum absolute atomic E-state index is 12.7. The summed E-state index contributed by atoms with van der Waals surface area (Å²) in [4.78, 5) is 0. The fourth-order valence-corrected chi connectivity index (χ4v) is 1.26. The minimum Gasteiger partial charge on any atom is -0.490 e. The van der Waals surface area contributed by atoms with Gasteiger partial charge in [0.05, 0.1) is 11.1 Å². The van der Waals surface area contributed by atoms with Crippen molar-refractivity contribution in [1.29, 1.82) is 0 Å².